The molecule has 0 radical (unpaired) electrons. The molecule has 1 amide bonds. The molecular weight excluding hydrogens is 332 g/mol. The lowest BCUT2D eigenvalue weighted by Crippen LogP contribution is -2.49. The third-order valence-electron chi connectivity index (χ3n) is 5.21. The van der Waals surface area contributed by atoms with Crippen molar-refractivity contribution in [3.8, 4) is 5.75 Å². The monoisotopic (exact) mass is 362 g/mol. The van der Waals surface area contributed by atoms with Crippen molar-refractivity contribution in [1.29, 1.82) is 0 Å². The number of Topliss-reactive ketones (excluding diaryl/α,β-unsaturated/α-hetero) is 1. The van der Waals surface area contributed by atoms with E-state index in [1.54, 1.807) is 14.2 Å². The van der Waals surface area contributed by atoms with Crippen LogP contribution < -0.4 is 15.4 Å². The number of ketones is 1. The summed E-state index contributed by atoms with van der Waals surface area (Å²) >= 11 is 0. The van der Waals surface area contributed by atoms with Crippen LogP contribution in [0.1, 0.15) is 38.2 Å². The highest BCUT2D eigenvalue weighted by molar-refractivity contribution is 6.38. The van der Waals surface area contributed by atoms with Crippen LogP contribution in [0.25, 0.3) is 0 Å². The molecule has 1 fully saturated rings. The maximum atomic E-state index is 12.4. The van der Waals surface area contributed by atoms with Crippen LogP contribution >= 0.6 is 0 Å². The smallest absolute Gasteiger partial charge is 0.289 e. The van der Waals surface area contributed by atoms with Crippen molar-refractivity contribution >= 4 is 11.7 Å². The summed E-state index contributed by atoms with van der Waals surface area (Å²) in [4.78, 5) is 24.7. The van der Waals surface area contributed by atoms with Crippen molar-refractivity contribution in [2.75, 3.05) is 33.9 Å². The largest absolute Gasteiger partial charge is 0.497 e. The Balaban J connectivity index is 2.10. The van der Waals surface area contributed by atoms with E-state index in [-0.39, 0.29) is 5.41 Å². The molecule has 6 heteroatoms. The Morgan fingerprint density at radius 2 is 1.88 bits per heavy atom. The lowest BCUT2D eigenvalue weighted by Gasteiger charge is -2.38. The number of hydrogen-bond donors (Lipinski definition) is 2. The molecule has 26 heavy (non-hydrogen) atoms. The van der Waals surface area contributed by atoms with Crippen molar-refractivity contribution in [2.45, 2.75) is 44.1 Å². The molecule has 1 aromatic rings. The number of benzene rings is 1. The molecule has 1 aromatic carbocycles. The van der Waals surface area contributed by atoms with Crippen LogP contribution in [0.2, 0.25) is 0 Å². The number of likely N-dealkylation sites (N-methyl/N-ethyl adjacent to an activating group) is 1. The zero-order chi connectivity index (χ0) is 19.0. The van der Waals surface area contributed by atoms with Gasteiger partial charge >= 0.3 is 0 Å². The van der Waals surface area contributed by atoms with Crippen LogP contribution in [0.3, 0.4) is 0 Å². The molecule has 0 aliphatic carbocycles. The number of carbonyl (C=O) groups excluding carboxylic acids is 2. The Morgan fingerprint density at radius 3 is 2.42 bits per heavy atom. The van der Waals surface area contributed by atoms with Gasteiger partial charge in [-0.25, -0.2) is 0 Å². The predicted octanol–water partition coefficient (Wildman–Crippen LogP) is 1.82. The third kappa shape index (κ3) is 4.83. The van der Waals surface area contributed by atoms with Gasteiger partial charge in [-0.1, -0.05) is 25.5 Å². The van der Waals surface area contributed by atoms with Gasteiger partial charge in [0.2, 0.25) is 5.78 Å². The summed E-state index contributed by atoms with van der Waals surface area (Å²) in [6.07, 6.45) is 3.11. The molecule has 0 spiro atoms. The second-order valence-electron chi connectivity index (χ2n) is 6.80. The number of nitrogens with one attached hydrogen (secondary N) is 2. The summed E-state index contributed by atoms with van der Waals surface area (Å²) in [5, 5.41) is 5.81. The van der Waals surface area contributed by atoms with Crippen LogP contribution in [-0.2, 0) is 19.7 Å². The Kier molecular flexibility index (Phi) is 7.60. The van der Waals surface area contributed by atoms with Crippen molar-refractivity contribution in [3.05, 3.63) is 29.8 Å². The molecule has 1 unspecified atom stereocenters. The van der Waals surface area contributed by atoms with Crippen molar-refractivity contribution in [3.63, 3.8) is 0 Å². The van der Waals surface area contributed by atoms with E-state index in [0.717, 1.165) is 30.6 Å². The van der Waals surface area contributed by atoms with E-state index >= 15 is 0 Å². The van der Waals surface area contributed by atoms with Crippen LogP contribution in [0.4, 0.5) is 0 Å². The Hall–Kier alpha value is -1.92. The molecule has 0 aromatic heterocycles. The average molecular weight is 362 g/mol. The van der Waals surface area contributed by atoms with E-state index in [0.29, 0.717) is 26.2 Å². The van der Waals surface area contributed by atoms with Gasteiger partial charge in [-0.2, -0.15) is 0 Å². The number of methoxy groups -OCH3 is 1. The highest BCUT2D eigenvalue weighted by Crippen LogP contribution is 2.35. The molecule has 0 bridgehead atoms. The fraction of sp³-hybridized carbons (Fsp3) is 0.600. The second kappa shape index (κ2) is 9.69. The van der Waals surface area contributed by atoms with Gasteiger partial charge in [-0.3, -0.25) is 9.59 Å². The van der Waals surface area contributed by atoms with Crippen LogP contribution in [0.15, 0.2) is 24.3 Å². The minimum absolute atomic E-state index is 0.222. The zero-order valence-corrected chi connectivity index (χ0v) is 16.0. The first-order valence-electron chi connectivity index (χ1n) is 9.28. The van der Waals surface area contributed by atoms with Gasteiger partial charge in [0.05, 0.1) is 13.2 Å². The molecule has 1 aliphatic rings. The predicted molar refractivity (Wildman–Crippen MR) is 100 cm³/mol. The van der Waals surface area contributed by atoms with Crippen molar-refractivity contribution in [2.24, 2.45) is 0 Å². The standard InChI is InChI=1S/C20H30N2O4/c1-4-5-17(21-2)18(23)19(24)22-14-20(10-12-26-13-11-20)15-6-8-16(25-3)9-7-15/h6-9,17,21H,4-5,10-14H2,1-3H3,(H,22,24). The summed E-state index contributed by atoms with van der Waals surface area (Å²) in [6.45, 7) is 3.71. The summed E-state index contributed by atoms with van der Waals surface area (Å²) in [7, 11) is 3.35. The molecule has 1 atom stereocenters. The Labute approximate surface area is 155 Å². The van der Waals surface area contributed by atoms with E-state index in [4.69, 9.17) is 9.47 Å². The maximum Gasteiger partial charge on any atom is 0.289 e. The van der Waals surface area contributed by atoms with Gasteiger partial charge in [0.1, 0.15) is 5.75 Å². The van der Waals surface area contributed by atoms with E-state index in [2.05, 4.69) is 10.6 Å². The summed E-state index contributed by atoms with van der Waals surface area (Å²) in [5.74, 6) is -0.116. The first-order chi connectivity index (χ1) is 12.6. The Bertz CT molecular complexity index is 594. The number of carbonyl (C=O) groups is 2. The van der Waals surface area contributed by atoms with Crippen LogP contribution in [0.5, 0.6) is 5.75 Å². The molecule has 144 valence electrons. The quantitative estimate of drug-likeness (QED) is 0.655. The highest BCUT2D eigenvalue weighted by Gasteiger charge is 2.36. The minimum atomic E-state index is -0.517. The van der Waals surface area contributed by atoms with Crippen molar-refractivity contribution < 1.29 is 19.1 Å². The molecule has 0 saturated carbocycles. The number of rotatable bonds is 9. The highest BCUT2D eigenvalue weighted by atomic mass is 16.5. The zero-order valence-electron chi connectivity index (χ0n) is 16.0. The van der Waals surface area contributed by atoms with Gasteiger partial charge in [0, 0.05) is 25.2 Å². The first-order valence-corrected chi connectivity index (χ1v) is 9.28. The maximum absolute atomic E-state index is 12.4. The van der Waals surface area contributed by atoms with E-state index < -0.39 is 17.7 Å². The van der Waals surface area contributed by atoms with Gasteiger partial charge in [-0.15, -0.1) is 0 Å². The molecule has 2 rings (SSSR count). The Morgan fingerprint density at radius 1 is 1.23 bits per heavy atom. The van der Waals surface area contributed by atoms with E-state index in [9.17, 15) is 9.59 Å². The van der Waals surface area contributed by atoms with E-state index in [1.807, 2.05) is 31.2 Å². The molecular formula is C20H30N2O4. The lowest BCUT2D eigenvalue weighted by molar-refractivity contribution is -0.139. The van der Waals surface area contributed by atoms with Gasteiger partial charge in [-0.05, 0) is 44.0 Å². The van der Waals surface area contributed by atoms with Gasteiger partial charge in [0.15, 0.2) is 0 Å². The van der Waals surface area contributed by atoms with Crippen LogP contribution in [-0.4, -0.2) is 51.6 Å². The molecule has 2 N–H and O–H groups in total. The minimum Gasteiger partial charge on any atom is -0.497 e. The lowest BCUT2D eigenvalue weighted by atomic mass is 9.74. The molecule has 1 aliphatic heterocycles. The number of ether oxygens (including phenoxy) is 2. The normalized spacial score (nSPS) is 17.3. The van der Waals surface area contributed by atoms with Gasteiger partial charge < -0.3 is 20.1 Å². The third-order valence-corrected chi connectivity index (χ3v) is 5.21. The fourth-order valence-corrected chi connectivity index (χ4v) is 3.46. The molecule has 6 nitrogen and oxygen atoms in total. The number of amides is 1. The molecule has 1 heterocycles. The van der Waals surface area contributed by atoms with E-state index in [1.165, 1.54) is 0 Å². The average Bonchev–Trinajstić information content (AvgIpc) is 2.70. The topological polar surface area (TPSA) is 76.7 Å². The fourth-order valence-electron chi connectivity index (χ4n) is 3.46. The number of hydrogen-bond acceptors (Lipinski definition) is 5. The molecule has 1 saturated heterocycles. The van der Waals surface area contributed by atoms with Gasteiger partial charge in [0.25, 0.3) is 5.91 Å². The van der Waals surface area contributed by atoms with Crippen LogP contribution in [0, 0.1) is 0 Å². The summed E-state index contributed by atoms with van der Waals surface area (Å²) in [5.41, 5.74) is 0.911. The SMILES string of the molecule is CCCC(NC)C(=O)C(=O)NCC1(c2ccc(OC)cc2)CCOCC1. The second-order valence-corrected chi connectivity index (χ2v) is 6.80. The van der Waals surface area contributed by atoms with Crippen molar-refractivity contribution in [1.82, 2.24) is 10.6 Å². The first kappa shape index (κ1) is 20.4. The summed E-state index contributed by atoms with van der Waals surface area (Å²) < 4.78 is 10.8. The summed E-state index contributed by atoms with van der Waals surface area (Å²) in [6, 6.07) is 7.50.